The Morgan fingerprint density at radius 2 is 2.41 bits per heavy atom. The first-order valence-electron chi connectivity index (χ1n) is 7.73. The van der Waals surface area contributed by atoms with Crippen LogP contribution in [-0.2, 0) is 6.42 Å². The molecule has 118 valence electrons. The highest BCUT2D eigenvalue weighted by Crippen LogP contribution is 2.24. The van der Waals surface area contributed by atoms with Crippen molar-refractivity contribution in [1.29, 1.82) is 0 Å². The van der Waals surface area contributed by atoms with Crippen LogP contribution < -0.4 is 10.2 Å². The molecular weight excluding hydrogens is 296 g/mol. The molecule has 6 heteroatoms. The van der Waals surface area contributed by atoms with Gasteiger partial charge in [0.05, 0.1) is 12.6 Å². The summed E-state index contributed by atoms with van der Waals surface area (Å²) in [5, 5.41) is 17.2. The van der Waals surface area contributed by atoms with Crippen molar-refractivity contribution in [1.82, 2.24) is 9.97 Å². The molecule has 2 N–H and O–H groups in total. The van der Waals surface area contributed by atoms with E-state index < -0.39 is 0 Å². The molecule has 0 amide bonds. The van der Waals surface area contributed by atoms with Gasteiger partial charge in [0.1, 0.15) is 18.0 Å². The van der Waals surface area contributed by atoms with Gasteiger partial charge in [0.2, 0.25) is 0 Å². The first-order chi connectivity index (χ1) is 10.8. The molecule has 0 saturated carbocycles. The van der Waals surface area contributed by atoms with Gasteiger partial charge >= 0.3 is 0 Å². The van der Waals surface area contributed by atoms with Crippen molar-refractivity contribution in [3.63, 3.8) is 0 Å². The fourth-order valence-corrected chi connectivity index (χ4v) is 3.66. The van der Waals surface area contributed by atoms with Gasteiger partial charge in [-0.05, 0) is 48.6 Å². The molecule has 1 saturated heterocycles. The molecule has 1 aliphatic rings. The average molecular weight is 318 g/mol. The van der Waals surface area contributed by atoms with E-state index >= 15 is 0 Å². The van der Waals surface area contributed by atoms with Crippen LogP contribution in [0.25, 0.3) is 0 Å². The number of nitrogens with zero attached hydrogens (tertiary/aromatic N) is 3. The lowest BCUT2D eigenvalue weighted by Gasteiger charge is -2.24. The van der Waals surface area contributed by atoms with Crippen molar-refractivity contribution >= 4 is 23.0 Å². The van der Waals surface area contributed by atoms with Gasteiger partial charge in [-0.1, -0.05) is 0 Å². The zero-order chi connectivity index (χ0) is 15.4. The van der Waals surface area contributed by atoms with E-state index in [-0.39, 0.29) is 12.6 Å². The molecular formula is C16H22N4OS. The number of hydrogen-bond acceptors (Lipinski definition) is 6. The highest BCUT2D eigenvalue weighted by atomic mass is 32.1. The van der Waals surface area contributed by atoms with Crippen LogP contribution in [0.4, 0.5) is 11.6 Å². The molecule has 3 heterocycles. The second kappa shape index (κ2) is 7.07. The highest BCUT2D eigenvalue weighted by Gasteiger charge is 2.25. The summed E-state index contributed by atoms with van der Waals surface area (Å²) in [5.74, 6) is 1.74. The lowest BCUT2D eigenvalue weighted by atomic mass is 10.1. The topological polar surface area (TPSA) is 61.3 Å². The number of rotatable bonds is 6. The van der Waals surface area contributed by atoms with Crippen molar-refractivity contribution in [3.05, 3.63) is 34.8 Å². The van der Waals surface area contributed by atoms with Gasteiger partial charge in [-0.25, -0.2) is 9.97 Å². The molecule has 0 aromatic carbocycles. The fraction of sp³-hybridized carbons (Fsp3) is 0.500. The summed E-state index contributed by atoms with van der Waals surface area (Å²) in [7, 11) is 0. The third-order valence-corrected chi connectivity index (χ3v) is 4.78. The summed E-state index contributed by atoms with van der Waals surface area (Å²) in [4.78, 5) is 10.9. The van der Waals surface area contributed by atoms with Crippen LogP contribution in [0.2, 0.25) is 0 Å². The normalized spacial score (nSPS) is 19.4. The van der Waals surface area contributed by atoms with E-state index in [4.69, 9.17) is 0 Å². The molecule has 0 radical (unpaired) electrons. The molecule has 3 rings (SSSR count). The Labute approximate surface area is 135 Å². The zero-order valence-electron chi connectivity index (χ0n) is 12.8. The van der Waals surface area contributed by atoms with E-state index in [9.17, 15) is 5.11 Å². The Kier molecular flexibility index (Phi) is 4.90. The largest absolute Gasteiger partial charge is 0.394 e. The number of anilines is 2. The molecule has 0 bridgehead atoms. The summed E-state index contributed by atoms with van der Waals surface area (Å²) in [6.45, 7) is 3.29. The standard InChI is InChI=1S/C16H22N4OS/c1-12(7-13-4-6-22-10-13)19-15-8-16(18-11-17-15)20-5-2-3-14(20)9-21/h4,6,8,10-12,14,21H,2-3,5,7,9H2,1H3,(H,17,18,19)/t12-,14+/m0/s1. The van der Waals surface area contributed by atoms with Crippen LogP contribution in [0, 0.1) is 0 Å². The van der Waals surface area contributed by atoms with Gasteiger partial charge in [0.25, 0.3) is 0 Å². The van der Waals surface area contributed by atoms with Crippen LogP contribution in [-0.4, -0.2) is 40.3 Å². The number of nitrogens with one attached hydrogen (secondary N) is 1. The molecule has 1 fully saturated rings. The minimum atomic E-state index is 0.182. The van der Waals surface area contributed by atoms with E-state index in [0.29, 0.717) is 6.04 Å². The highest BCUT2D eigenvalue weighted by molar-refractivity contribution is 7.07. The summed E-state index contributed by atoms with van der Waals surface area (Å²) < 4.78 is 0. The molecule has 22 heavy (non-hydrogen) atoms. The number of aliphatic hydroxyl groups is 1. The maximum absolute atomic E-state index is 9.46. The lowest BCUT2D eigenvalue weighted by Crippen LogP contribution is -2.32. The predicted octanol–water partition coefficient (Wildman–Crippen LogP) is 2.54. The minimum absolute atomic E-state index is 0.182. The third kappa shape index (κ3) is 3.56. The first kappa shape index (κ1) is 15.2. The van der Waals surface area contributed by atoms with Crippen molar-refractivity contribution in [2.45, 2.75) is 38.3 Å². The van der Waals surface area contributed by atoms with Crippen LogP contribution >= 0.6 is 11.3 Å². The maximum Gasteiger partial charge on any atom is 0.134 e. The Balaban J connectivity index is 1.66. The van der Waals surface area contributed by atoms with Gasteiger partial charge < -0.3 is 15.3 Å². The van der Waals surface area contributed by atoms with E-state index in [1.807, 2.05) is 6.07 Å². The minimum Gasteiger partial charge on any atom is -0.394 e. The van der Waals surface area contributed by atoms with E-state index in [0.717, 1.165) is 37.4 Å². The summed E-state index contributed by atoms with van der Waals surface area (Å²) in [5.41, 5.74) is 1.35. The molecule has 5 nitrogen and oxygen atoms in total. The molecule has 0 aliphatic carbocycles. The smallest absolute Gasteiger partial charge is 0.134 e. The SMILES string of the molecule is C[C@@H](Cc1ccsc1)Nc1cc(N2CCC[C@@H]2CO)ncn1. The Morgan fingerprint density at radius 3 is 3.18 bits per heavy atom. The van der Waals surface area contributed by atoms with Crippen LogP contribution in [0.15, 0.2) is 29.2 Å². The van der Waals surface area contributed by atoms with E-state index in [2.05, 4.69) is 43.9 Å². The zero-order valence-corrected chi connectivity index (χ0v) is 13.6. The van der Waals surface area contributed by atoms with E-state index in [1.165, 1.54) is 5.56 Å². The van der Waals surface area contributed by atoms with Gasteiger partial charge in [-0.3, -0.25) is 0 Å². The fourth-order valence-electron chi connectivity index (χ4n) is 2.98. The summed E-state index contributed by atoms with van der Waals surface area (Å²) >= 11 is 1.73. The Morgan fingerprint density at radius 1 is 1.50 bits per heavy atom. The monoisotopic (exact) mass is 318 g/mol. The molecule has 0 unspecified atom stereocenters. The molecule has 1 aliphatic heterocycles. The van der Waals surface area contributed by atoms with E-state index in [1.54, 1.807) is 17.7 Å². The predicted molar refractivity (Wildman–Crippen MR) is 90.6 cm³/mol. The Bertz CT molecular complexity index is 590. The number of hydrogen-bond donors (Lipinski definition) is 2. The van der Waals surface area contributed by atoms with Crippen LogP contribution in [0.5, 0.6) is 0 Å². The number of aromatic nitrogens is 2. The maximum atomic E-state index is 9.46. The van der Waals surface area contributed by atoms with Gasteiger partial charge in [0, 0.05) is 18.7 Å². The Hall–Kier alpha value is -1.66. The third-order valence-electron chi connectivity index (χ3n) is 4.05. The number of thiophene rings is 1. The van der Waals surface area contributed by atoms with Crippen LogP contribution in [0.3, 0.4) is 0 Å². The number of aliphatic hydroxyl groups excluding tert-OH is 1. The van der Waals surface area contributed by atoms with Gasteiger partial charge in [0.15, 0.2) is 0 Å². The van der Waals surface area contributed by atoms with Crippen LogP contribution in [0.1, 0.15) is 25.3 Å². The first-order valence-corrected chi connectivity index (χ1v) is 8.67. The molecule has 0 spiro atoms. The summed E-state index contributed by atoms with van der Waals surface area (Å²) in [6.07, 6.45) is 4.71. The molecule has 2 aromatic rings. The van der Waals surface area contributed by atoms with Crippen molar-refractivity contribution in [2.75, 3.05) is 23.4 Å². The van der Waals surface area contributed by atoms with Crippen molar-refractivity contribution < 1.29 is 5.11 Å². The second-order valence-corrected chi connectivity index (χ2v) is 6.59. The van der Waals surface area contributed by atoms with Crippen molar-refractivity contribution in [3.8, 4) is 0 Å². The quantitative estimate of drug-likeness (QED) is 0.857. The lowest BCUT2D eigenvalue weighted by molar-refractivity contribution is 0.266. The summed E-state index contributed by atoms with van der Waals surface area (Å²) in [6, 6.07) is 4.64. The second-order valence-electron chi connectivity index (χ2n) is 5.81. The average Bonchev–Trinajstić information content (AvgIpc) is 3.18. The van der Waals surface area contributed by atoms with Gasteiger partial charge in [-0.2, -0.15) is 11.3 Å². The van der Waals surface area contributed by atoms with Gasteiger partial charge in [-0.15, -0.1) is 0 Å². The molecule has 2 atom stereocenters. The van der Waals surface area contributed by atoms with Crippen molar-refractivity contribution in [2.24, 2.45) is 0 Å². The molecule has 2 aromatic heterocycles.